The summed E-state index contributed by atoms with van der Waals surface area (Å²) in [6.07, 6.45) is 1.38. The van der Waals surface area contributed by atoms with Crippen molar-refractivity contribution >= 4 is 27.5 Å². The van der Waals surface area contributed by atoms with E-state index in [1.165, 1.54) is 18.3 Å². The minimum atomic E-state index is -0.283. The van der Waals surface area contributed by atoms with Crippen molar-refractivity contribution in [3.05, 3.63) is 76.4 Å². The van der Waals surface area contributed by atoms with Gasteiger partial charge >= 0.3 is 0 Å². The number of aromatic nitrogens is 2. The fourth-order valence-electron chi connectivity index (χ4n) is 2.39. The number of hydrogen-bond acceptors (Lipinski definition) is 5. The highest BCUT2D eigenvalue weighted by molar-refractivity contribution is 7.21. The van der Waals surface area contributed by atoms with Gasteiger partial charge in [-0.2, -0.15) is 0 Å². The molecule has 7 heteroatoms. The van der Waals surface area contributed by atoms with E-state index in [1.54, 1.807) is 11.3 Å². The summed E-state index contributed by atoms with van der Waals surface area (Å²) in [7, 11) is 0. The molecule has 0 aliphatic heterocycles. The summed E-state index contributed by atoms with van der Waals surface area (Å²) in [5, 5.41) is 3.56. The largest absolute Gasteiger partial charge is 0.457 e. The Morgan fingerprint density at radius 2 is 2.04 bits per heavy atom. The van der Waals surface area contributed by atoms with Gasteiger partial charge < -0.3 is 14.7 Å². The van der Waals surface area contributed by atoms with Crippen LogP contribution in [0, 0.1) is 0 Å². The number of thiazole rings is 1. The molecular weight excluding hydrogens is 338 g/mol. The topological polar surface area (TPSA) is 88.0 Å². The van der Waals surface area contributed by atoms with Crippen LogP contribution in [0.2, 0.25) is 0 Å². The Morgan fingerprint density at radius 1 is 1.16 bits per heavy atom. The second-order valence-electron chi connectivity index (χ2n) is 5.38. The zero-order valence-corrected chi connectivity index (χ0v) is 13.8. The lowest BCUT2D eigenvalue weighted by Crippen LogP contribution is -2.23. The number of carbonyl (C=O) groups excluding carboxylic acids is 1. The van der Waals surface area contributed by atoms with Gasteiger partial charge in [0, 0.05) is 12.3 Å². The molecule has 124 valence electrons. The normalized spacial score (nSPS) is 10.9. The molecule has 1 amide bonds. The molecule has 4 rings (SSSR count). The maximum atomic E-state index is 12.0. The first-order chi connectivity index (χ1) is 12.2. The van der Waals surface area contributed by atoms with Gasteiger partial charge in [0.15, 0.2) is 10.8 Å². The molecular formula is C18H13N3O3S. The number of hydrogen-bond donors (Lipinski definition) is 2. The van der Waals surface area contributed by atoms with E-state index in [9.17, 15) is 9.59 Å². The number of fused-ring (bicyclic) bond motifs is 1. The van der Waals surface area contributed by atoms with E-state index in [0.717, 1.165) is 15.2 Å². The third kappa shape index (κ3) is 3.22. The predicted octanol–water partition coefficient (Wildman–Crippen LogP) is 3.17. The van der Waals surface area contributed by atoms with E-state index >= 15 is 0 Å². The van der Waals surface area contributed by atoms with E-state index in [1.807, 2.05) is 36.4 Å². The van der Waals surface area contributed by atoms with Gasteiger partial charge in [-0.3, -0.25) is 9.59 Å². The van der Waals surface area contributed by atoms with Crippen LogP contribution in [-0.4, -0.2) is 15.9 Å². The van der Waals surface area contributed by atoms with Crippen LogP contribution in [0.5, 0.6) is 0 Å². The highest BCUT2D eigenvalue weighted by Crippen LogP contribution is 2.31. The molecule has 3 heterocycles. The van der Waals surface area contributed by atoms with E-state index in [0.29, 0.717) is 17.1 Å². The SMILES string of the molecule is O=C(NCc1ccc(-c2nc3ccccc3s2)o1)c1ccc(=O)[nH]c1. The van der Waals surface area contributed by atoms with E-state index < -0.39 is 0 Å². The number of carbonyl (C=O) groups is 1. The minimum absolute atomic E-state index is 0.247. The Kier molecular flexibility index (Phi) is 3.91. The predicted molar refractivity (Wildman–Crippen MR) is 95.6 cm³/mol. The molecule has 25 heavy (non-hydrogen) atoms. The van der Waals surface area contributed by atoms with E-state index in [4.69, 9.17) is 4.42 Å². The van der Waals surface area contributed by atoms with Crippen LogP contribution >= 0.6 is 11.3 Å². The minimum Gasteiger partial charge on any atom is -0.457 e. The molecule has 0 radical (unpaired) electrons. The lowest BCUT2D eigenvalue weighted by Gasteiger charge is -2.02. The first-order valence-electron chi connectivity index (χ1n) is 7.61. The smallest absolute Gasteiger partial charge is 0.253 e. The van der Waals surface area contributed by atoms with E-state index in [2.05, 4.69) is 15.3 Å². The average Bonchev–Trinajstić information content (AvgIpc) is 3.26. The van der Waals surface area contributed by atoms with E-state index in [-0.39, 0.29) is 18.0 Å². The third-order valence-corrected chi connectivity index (χ3v) is 4.69. The van der Waals surface area contributed by atoms with Crippen LogP contribution in [0.15, 0.2) is 63.9 Å². The van der Waals surface area contributed by atoms with Gasteiger partial charge in [0.1, 0.15) is 5.76 Å². The summed E-state index contributed by atoms with van der Waals surface area (Å²) in [5.41, 5.74) is 1.08. The van der Waals surface area contributed by atoms with Crippen molar-refractivity contribution in [1.29, 1.82) is 0 Å². The first-order valence-corrected chi connectivity index (χ1v) is 8.42. The molecule has 0 fully saturated rings. The Labute approximate surface area is 146 Å². The highest BCUT2D eigenvalue weighted by Gasteiger charge is 2.11. The molecule has 6 nitrogen and oxygen atoms in total. The Bertz CT molecular complexity index is 1060. The van der Waals surface area contributed by atoms with Crippen LogP contribution in [0.4, 0.5) is 0 Å². The molecule has 2 N–H and O–H groups in total. The molecule has 0 aliphatic rings. The Hall–Kier alpha value is -3.19. The van der Waals surface area contributed by atoms with Gasteiger partial charge in [0.25, 0.3) is 5.91 Å². The molecule has 0 bridgehead atoms. The number of furan rings is 1. The number of rotatable bonds is 4. The van der Waals surface area contributed by atoms with Crippen molar-refractivity contribution in [3.8, 4) is 10.8 Å². The van der Waals surface area contributed by atoms with Gasteiger partial charge in [-0.15, -0.1) is 11.3 Å². The molecule has 0 atom stereocenters. The summed E-state index contributed by atoms with van der Waals surface area (Å²) in [4.78, 5) is 30.1. The van der Waals surface area contributed by atoms with Crippen LogP contribution < -0.4 is 10.9 Å². The zero-order chi connectivity index (χ0) is 17.2. The van der Waals surface area contributed by atoms with Gasteiger partial charge in [0.2, 0.25) is 5.56 Å². The van der Waals surface area contributed by atoms with Crippen molar-refractivity contribution in [3.63, 3.8) is 0 Å². The van der Waals surface area contributed by atoms with Crippen LogP contribution in [0.3, 0.4) is 0 Å². The molecule has 0 saturated heterocycles. The van der Waals surface area contributed by atoms with Crippen LogP contribution in [0.1, 0.15) is 16.1 Å². The number of pyridine rings is 1. The maximum absolute atomic E-state index is 12.0. The fraction of sp³-hybridized carbons (Fsp3) is 0.0556. The number of H-pyrrole nitrogens is 1. The number of amides is 1. The Balaban J connectivity index is 1.47. The molecule has 0 unspecified atom stereocenters. The number of para-hydroxylation sites is 1. The van der Waals surface area contributed by atoms with Crippen molar-refractivity contribution in [2.45, 2.75) is 6.54 Å². The second kappa shape index (κ2) is 6.37. The van der Waals surface area contributed by atoms with Crippen molar-refractivity contribution in [1.82, 2.24) is 15.3 Å². The molecule has 1 aromatic carbocycles. The van der Waals surface area contributed by atoms with Crippen LogP contribution in [-0.2, 0) is 6.54 Å². The summed E-state index contributed by atoms with van der Waals surface area (Å²) in [6, 6.07) is 14.4. The molecule has 0 saturated carbocycles. The molecule has 0 aliphatic carbocycles. The highest BCUT2D eigenvalue weighted by atomic mass is 32.1. The van der Waals surface area contributed by atoms with Crippen molar-refractivity contribution in [2.24, 2.45) is 0 Å². The van der Waals surface area contributed by atoms with Crippen molar-refractivity contribution in [2.75, 3.05) is 0 Å². The third-order valence-electron chi connectivity index (χ3n) is 3.64. The molecule has 3 aromatic heterocycles. The standard InChI is InChI=1S/C18H13N3O3S/c22-16-8-5-11(9-19-16)17(23)20-10-12-6-7-14(24-12)18-21-13-3-1-2-4-15(13)25-18/h1-9H,10H2,(H,19,22)(H,20,23). The quantitative estimate of drug-likeness (QED) is 0.591. The number of nitrogens with one attached hydrogen (secondary N) is 2. The van der Waals surface area contributed by atoms with Crippen LogP contribution in [0.25, 0.3) is 21.0 Å². The van der Waals surface area contributed by atoms with Gasteiger partial charge in [-0.05, 0) is 30.3 Å². The van der Waals surface area contributed by atoms with Crippen molar-refractivity contribution < 1.29 is 9.21 Å². The summed E-state index contributed by atoms with van der Waals surface area (Å²) >= 11 is 1.56. The fourth-order valence-corrected chi connectivity index (χ4v) is 3.31. The second-order valence-corrected chi connectivity index (χ2v) is 6.41. The first kappa shape index (κ1) is 15.3. The average molecular weight is 351 g/mol. The van der Waals surface area contributed by atoms with Gasteiger partial charge in [-0.25, -0.2) is 4.98 Å². The monoisotopic (exact) mass is 351 g/mol. The molecule has 4 aromatic rings. The van der Waals surface area contributed by atoms with Gasteiger partial charge in [0.05, 0.1) is 22.3 Å². The molecule has 0 spiro atoms. The summed E-state index contributed by atoms with van der Waals surface area (Å²) < 4.78 is 6.88. The summed E-state index contributed by atoms with van der Waals surface area (Å²) in [6.45, 7) is 0.253. The zero-order valence-electron chi connectivity index (χ0n) is 13.0. The number of aromatic amines is 1. The Morgan fingerprint density at radius 3 is 2.84 bits per heavy atom. The lowest BCUT2D eigenvalue weighted by atomic mass is 10.2. The summed E-state index contributed by atoms with van der Waals surface area (Å²) in [5.74, 6) is 1.02. The van der Waals surface area contributed by atoms with Gasteiger partial charge in [-0.1, -0.05) is 12.1 Å². The number of benzene rings is 1. The maximum Gasteiger partial charge on any atom is 0.253 e. The lowest BCUT2D eigenvalue weighted by molar-refractivity contribution is 0.0947. The number of nitrogens with zero attached hydrogens (tertiary/aromatic N) is 1.